The molecule has 0 aliphatic heterocycles. The fraction of sp³-hybridized carbons (Fsp3) is 0.381. The van der Waals surface area contributed by atoms with Crippen molar-refractivity contribution in [1.29, 1.82) is 0 Å². The highest BCUT2D eigenvalue weighted by atomic mass is 32.2. The van der Waals surface area contributed by atoms with E-state index in [0.717, 1.165) is 35.0 Å². The molecular weight excluding hydrogens is 416 g/mol. The molecule has 0 amide bonds. The maximum atomic E-state index is 12.9. The zero-order valence-corrected chi connectivity index (χ0v) is 18.5. The third-order valence-electron chi connectivity index (χ3n) is 5.53. The number of aryl methyl sites for hydroxylation is 1. The molecule has 0 radical (unpaired) electrons. The molecule has 0 saturated carbocycles. The van der Waals surface area contributed by atoms with Crippen LogP contribution in [0.3, 0.4) is 0 Å². The van der Waals surface area contributed by atoms with Crippen molar-refractivity contribution in [3.05, 3.63) is 62.5 Å². The Bertz CT molecular complexity index is 1250. The number of thiophene rings is 1. The van der Waals surface area contributed by atoms with Gasteiger partial charge in [-0.1, -0.05) is 49.0 Å². The topological polar surface area (TPSA) is 89.3 Å². The summed E-state index contributed by atoms with van der Waals surface area (Å²) in [5.74, 6) is 1.33. The molecule has 1 N–H and O–H groups in total. The number of hydrogen-bond acceptors (Lipinski definition) is 7. The lowest BCUT2D eigenvalue weighted by molar-refractivity contribution is 0.509. The number of benzene rings is 1. The number of tetrazole rings is 1. The highest BCUT2D eigenvalue weighted by Gasteiger charge is 2.24. The molecule has 154 valence electrons. The van der Waals surface area contributed by atoms with Crippen LogP contribution in [0.2, 0.25) is 0 Å². The molecule has 0 fully saturated rings. The van der Waals surface area contributed by atoms with Gasteiger partial charge >= 0.3 is 0 Å². The van der Waals surface area contributed by atoms with E-state index in [1.807, 2.05) is 37.3 Å². The molecular formula is C21H22N6OS2. The molecule has 7 nitrogen and oxygen atoms in total. The van der Waals surface area contributed by atoms with Crippen molar-refractivity contribution in [3.8, 4) is 0 Å². The molecule has 0 bridgehead atoms. The Morgan fingerprint density at radius 3 is 3.00 bits per heavy atom. The average Bonchev–Trinajstić information content (AvgIpc) is 3.32. The Balaban J connectivity index is 1.42. The summed E-state index contributed by atoms with van der Waals surface area (Å²) in [6.07, 6.45) is 3.15. The predicted molar refractivity (Wildman–Crippen MR) is 119 cm³/mol. The minimum absolute atomic E-state index is 0.0293. The van der Waals surface area contributed by atoms with Crippen LogP contribution in [-0.4, -0.2) is 30.2 Å². The minimum Gasteiger partial charge on any atom is -0.309 e. The normalized spacial score (nSPS) is 17.2. The zero-order valence-electron chi connectivity index (χ0n) is 16.8. The van der Waals surface area contributed by atoms with Gasteiger partial charge in [-0.3, -0.25) is 4.79 Å². The van der Waals surface area contributed by atoms with Gasteiger partial charge in [0.15, 0.2) is 0 Å². The first-order valence-corrected chi connectivity index (χ1v) is 11.8. The van der Waals surface area contributed by atoms with E-state index in [2.05, 4.69) is 27.4 Å². The number of rotatable bonds is 5. The van der Waals surface area contributed by atoms with Gasteiger partial charge in [0.2, 0.25) is 5.16 Å². The van der Waals surface area contributed by atoms with Crippen molar-refractivity contribution in [2.75, 3.05) is 0 Å². The number of thioether (sulfide) groups is 1. The zero-order chi connectivity index (χ0) is 20.7. The van der Waals surface area contributed by atoms with Crippen molar-refractivity contribution in [2.45, 2.75) is 50.1 Å². The largest absolute Gasteiger partial charge is 0.309 e. The van der Waals surface area contributed by atoms with E-state index in [9.17, 15) is 4.79 Å². The number of aromatic nitrogens is 6. The van der Waals surface area contributed by atoms with Crippen LogP contribution in [0.25, 0.3) is 10.2 Å². The molecule has 5 rings (SSSR count). The van der Waals surface area contributed by atoms with E-state index in [4.69, 9.17) is 4.98 Å². The summed E-state index contributed by atoms with van der Waals surface area (Å²) in [6.45, 7) is 4.89. The molecule has 2 atom stereocenters. The number of H-pyrrole nitrogens is 1. The summed E-state index contributed by atoms with van der Waals surface area (Å²) < 4.78 is 1.78. The summed E-state index contributed by atoms with van der Waals surface area (Å²) in [5.41, 5.74) is 2.31. The molecule has 3 heterocycles. The van der Waals surface area contributed by atoms with Crippen LogP contribution in [0.5, 0.6) is 0 Å². The van der Waals surface area contributed by atoms with Gasteiger partial charge in [0.1, 0.15) is 10.7 Å². The van der Waals surface area contributed by atoms with Crippen LogP contribution in [0.15, 0.2) is 40.3 Å². The fourth-order valence-electron chi connectivity index (χ4n) is 3.91. The SMILES string of the molecule is CC1CCc2c(sc3nc(C(C)Sc4nnnn4Cc4ccccc4)[nH]c(=O)c23)C1. The molecule has 3 aromatic heterocycles. The van der Waals surface area contributed by atoms with Crippen molar-refractivity contribution in [3.63, 3.8) is 0 Å². The molecule has 1 aromatic carbocycles. The lowest BCUT2D eigenvalue weighted by atomic mass is 9.89. The third kappa shape index (κ3) is 3.67. The second kappa shape index (κ2) is 7.96. The number of nitrogens with zero attached hydrogens (tertiary/aromatic N) is 5. The predicted octanol–water partition coefficient (Wildman–Crippen LogP) is 4.00. The number of nitrogens with one attached hydrogen (secondary N) is 1. The van der Waals surface area contributed by atoms with Crippen LogP contribution in [0, 0.1) is 5.92 Å². The van der Waals surface area contributed by atoms with Crippen molar-refractivity contribution in [2.24, 2.45) is 5.92 Å². The molecule has 2 unspecified atom stereocenters. The summed E-state index contributed by atoms with van der Waals surface area (Å²) >= 11 is 3.18. The van der Waals surface area contributed by atoms with Gasteiger partial charge in [0.05, 0.1) is 17.2 Å². The van der Waals surface area contributed by atoms with Crippen molar-refractivity contribution in [1.82, 2.24) is 30.2 Å². The molecule has 9 heteroatoms. The second-order valence-corrected chi connectivity index (χ2v) is 10.2. The van der Waals surface area contributed by atoms with Gasteiger partial charge in [-0.15, -0.1) is 16.4 Å². The number of fused-ring (bicyclic) bond motifs is 3. The summed E-state index contributed by atoms with van der Waals surface area (Å²) in [6, 6.07) is 10.1. The summed E-state index contributed by atoms with van der Waals surface area (Å²) in [4.78, 5) is 22.9. The van der Waals surface area contributed by atoms with E-state index in [0.29, 0.717) is 23.4 Å². The average molecular weight is 439 g/mol. The molecule has 0 saturated heterocycles. The third-order valence-corrected chi connectivity index (χ3v) is 7.75. The Labute approximate surface area is 181 Å². The molecule has 1 aliphatic rings. The monoisotopic (exact) mass is 438 g/mol. The van der Waals surface area contributed by atoms with Gasteiger partial charge in [-0.05, 0) is 53.7 Å². The first kappa shape index (κ1) is 19.4. The Hall–Kier alpha value is -2.52. The second-order valence-electron chi connectivity index (χ2n) is 7.85. The van der Waals surface area contributed by atoms with Crippen molar-refractivity contribution < 1.29 is 0 Å². The van der Waals surface area contributed by atoms with E-state index in [1.165, 1.54) is 22.2 Å². The maximum Gasteiger partial charge on any atom is 0.259 e. The van der Waals surface area contributed by atoms with Crippen LogP contribution >= 0.6 is 23.1 Å². The first-order chi connectivity index (χ1) is 14.6. The molecule has 1 aliphatic carbocycles. The summed E-state index contributed by atoms with van der Waals surface area (Å²) in [5, 5.41) is 13.5. The standard InChI is InChI=1S/C21H22N6OS2/c1-12-8-9-15-16(10-12)30-20-17(15)19(28)22-18(23-20)13(2)29-21-24-25-26-27(21)11-14-6-4-3-5-7-14/h3-7,12-13H,8-11H2,1-2H3,(H,22,23,28). The lowest BCUT2D eigenvalue weighted by Crippen LogP contribution is -2.15. The number of aromatic amines is 1. The van der Waals surface area contributed by atoms with Gasteiger partial charge in [-0.25, -0.2) is 9.67 Å². The summed E-state index contributed by atoms with van der Waals surface area (Å²) in [7, 11) is 0. The molecule has 0 spiro atoms. The number of hydrogen-bond donors (Lipinski definition) is 1. The first-order valence-electron chi connectivity index (χ1n) is 10.1. The molecule has 30 heavy (non-hydrogen) atoms. The van der Waals surface area contributed by atoms with Crippen LogP contribution in [-0.2, 0) is 19.4 Å². The minimum atomic E-state index is -0.0827. The Kier molecular flexibility index (Phi) is 5.16. The van der Waals surface area contributed by atoms with Crippen LogP contribution in [0.1, 0.15) is 47.3 Å². The Morgan fingerprint density at radius 2 is 2.17 bits per heavy atom. The van der Waals surface area contributed by atoms with Crippen molar-refractivity contribution >= 4 is 33.3 Å². The maximum absolute atomic E-state index is 12.9. The van der Waals surface area contributed by atoms with Gasteiger partial charge < -0.3 is 4.98 Å². The lowest BCUT2D eigenvalue weighted by Gasteiger charge is -2.17. The smallest absolute Gasteiger partial charge is 0.259 e. The van der Waals surface area contributed by atoms with Crippen LogP contribution < -0.4 is 5.56 Å². The molecule has 4 aromatic rings. The van der Waals surface area contributed by atoms with E-state index < -0.39 is 0 Å². The van der Waals surface area contributed by atoms with Gasteiger partial charge in [-0.2, -0.15) is 0 Å². The van der Waals surface area contributed by atoms with E-state index in [-0.39, 0.29) is 10.8 Å². The van der Waals surface area contributed by atoms with E-state index in [1.54, 1.807) is 16.0 Å². The van der Waals surface area contributed by atoms with Gasteiger partial charge in [0, 0.05) is 4.88 Å². The Morgan fingerprint density at radius 1 is 1.33 bits per heavy atom. The fourth-order valence-corrected chi connectivity index (χ4v) is 6.14. The quantitative estimate of drug-likeness (QED) is 0.474. The van der Waals surface area contributed by atoms with Crippen LogP contribution in [0.4, 0.5) is 0 Å². The van der Waals surface area contributed by atoms with Gasteiger partial charge in [0.25, 0.3) is 5.56 Å². The van der Waals surface area contributed by atoms with E-state index >= 15 is 0 Å². The highest BCUT2D eigenvalue weighted by Crippen LogP contribution is 2.37. The highest BCUT2D eigenvalue weighted by molar-refractivity contribution is 7.99.